The quantitative estimate of drug-likeness (QED) is 0.725. The molecule has 1 aromatic carbocycles. The van der Waals surface area contributed by atoms with Crippen LogP contribution in [-0.4, -0.2) is 18.3 Å². The van der Waals surface area contributed by atoms with E-state index in [2.05, 4.69) is 84.0 Å². The molecule has 3 aliphatic rings. The summed E-state index contributed by atoms with van der Waals surface area (Å²) in [6.07, 6.45) is 9.06. The van der Waals surface area contributed by atoms with Gasteiger partial charge in [-0.05, 0) is 55.6 Å². The minimum atomic E-state index is -0.300. The Morgan fingerprint density at radius 1 is 0.875 bits per heavy atom. The molecule has 2 atom stereocenters. The summed E-state index contributed by atoms with van der Waals surface area (Å²) in [5, 5.41) is 0. The lowest BCUT2D eigenvalue weighted by Crippen LogP contribution is -2.41. The molecule has 1 saturated heterocycles. The smallest absolute Gasteiger partial charge is 0.399 e. The lowest BCUT2D eigenvalue weighted by atomic mass is 9.72. The van der Waals surface area contributed by atoms with Gasteiger partial charge in [0.1, 0.15) is 0 Å². The molecule has 2 aliphatic carbocycles. The van der Waals surface area contributed by atoms with Crippen LogP contribution in [0, 0.1) is 5.92 Å². The van der Waals surface area contributed by atoms with E-state index in [4.69, 9.17) is 9.31 Å². The predicted octanol–water partition coefficient (Wildman–Crippen LogP) is 4.10. The maximum absolute atomic E-state index is 6.25. The zero-order chi connectivity index (χ0) is 17.3. The van der Waals surface area contributed by atoms with Gasteiger partial charge in [-0.25, -0.2) is 0 Å². The standard InChI is InChI=1S/C21H27BO2/c1-19(2)17-10-8-7-9-15(17)16-12-11-14(13-18(16)19)22-23-20(3,4)21(5,6)24-22/h7-13,15,17H,1-6H3. The third-order valence-corrected chi connectivity index (χ3v) is 6.62. The Labute approximate surface area is 146 Å². The number of hydrogen-bond acceptors (Lipinski definition) is 2. The Hall–Kier alpha value is -1.32. The van der Waals surface area contributed by atoms with Crippen molar-refractivity contribution in [3.63, 3.8) is 0 Å². The largest absolute Gasteiger partial charge is 0.494 e. The molecule has 126 valence electrons. The number of allylic oxidation sites excluding steroid dienone is 4. The fourth-order valence-corrected chi connectivity index (χ4v) is 4.32. The van der Waals surface area contributed by atoms with E-state index >= 15 is 0 Å². The summed E-state index contributed by atoms with van der Waals surface area (Å²) in [6.45, 7) is 13.1. The maximum atomic E-state index is 6.25. The third kappa shape index (κ3) is 2.11. The van der Waals surface area contributed by atoms with Crippen LogP contribution < -0.4 is 5.46 Å². The van der Waals surface area contributed by atoms with Crippen LogP contribution in [0.4, 0.5) is 0 Å². The molecule has 0 aromatic heterocycles. The number of hydrogen-bond donors (Lipinski definition) is 0. The summed E-state index contributed by atoms with van der Waals surface area (Å²) in [4.78, 5) is 0. The maximum Gasteiger partial charge on any atom is 0.494 e. The highest BCUT2D eigenvalue weighted by atomic mass is 16.7. The molecule has 0 N–H and O–H groups in total. The van der Waals surface area contributed by atoms with Crippen molar-refractivity contribution in [2.45, 2.75) is 64.1 Å². The highest BCUT2D eigenvalue weighted by Gasteiger charge is 2.52. The van der Waals surface area contributed by atoms with Gasteiger partial charge in [0.25, 0.3) is 0 Å². The van der Waals surface area contributed by atoms with Crippen LogP contribution in [0.2, 0.25) is 0 Å². The zero-order valence-electron chi connectivity index (χ0n) is 15.6. The highest BCUT2D eigenvalue weighted by Crippen LogP contribution is 2.52. The van der Waals surface area contributed by atoms with Crippen LogP contribution >= 0.6 is 0 Å². The van der Waals surface area contributed by atoms with Gasteiger partial charge in [-0.3, -0.25) is 0 Å². The minimum absolute atomic E-state index is 0.126. The van der Waals surface area contributed by atoms with Crippen LogP contribution in [0.15, 0.2) is 42.5 Å². The average molecular weight is 322 g/mol. The van der Waals surface area contributed by atoms with Crippen molar-refractivity contribution in [2.75, 3.05) is 0 Å². The monoisotopic (exact) mass is 322 g/mol. The summed E-state index contributed by atoms with van der Waals surface area (Å²) in [6, 6.07) is 6.79. The molecular formula is C21H27BO2. The van der Waals surface area contributed by atoms with E-state index < -0.39 is 0 Å². The van der Waals surface area contributed by atoms with Gasteiger partial charge in [-0.15, -0.1) is 0 Å². The molecule has 1 aromatic rings. The first-order valence-corrected chi connectivity index (χ1v) is 8.98. The van der Waals surface area contributed by atoms with Crippen molar-refractivity contribution in [3.05, 3.63) is 53.6 Å². The molecule has 3 heteroatoms. The van der Waals surface area contributed by atoms with Crippen molar-refractivity contribution in [1.82, 2.24) is 0 Å². The lowest BCUT2D eigenvalue weighted by Gasteiger charge is -2.32. The molecule has 4 rings (SSSR count). The molecule has 0 radical (unpaired) electrons. The van der Waals surface area contributed by atoms with Crippen molar-refractivity contribution in [1.29, 1.82) is 0 Å². The topological polar surface area (TPSA) is 18.5 Å². The number of benzene rings is 1. The SMILES string of the molecule is CC1(C)c2cc(B3OC(C)(C)C(C)(C)O3)ccc2C2C=CC=CC21. The van der Waals surface area contributed by atoms with E-state index in [1.54, 1.807) is 0 Å². The number of rotatable bonds is 1. The molecule has 1 aliphatic heterocycles. The lowest BCUT2D eigenvalue weighted by molar-refractivity contribution is 0.00578. The zero-order valence-corrected chi connectivity index (χ0v) is 15.6. The van der Waals surface area contributed by atoms with Gasteiger partial charge in [-0.1, -0.05) is 56.4 Å². The van der Waals surface area contributed by atoms with Crippen molar-refractivity contribution < 1.29 is 9.31 Å². The normalized spacial score (nSPS) is 31.2. The Kier molecular flexibility index (Phi) is 3.28. The molecule has 0 amide bonds. The van der Waals surface area contributed by atoms with Crippen LogP contribution in [0.1, 0.15) is 58.6 Å². The fourth-order valence-electron chi connectivity index (χ4n) is 4.32. The first-order valence-electron chi connectivity index (χ1n) is 8.98. The molecule has 2 unspecified atom stereocenters. The molecule has 0 saturated carbocycles. The second-order valence-electron chi connectivity index (χ2n) is 8.98. The fraction of sp³-hybridized carbons (Fsp3) is 0.524. The number of fused-ring (bicyclic) bond motifs is 3. The molecule has 1 fully saturated rings. The second-order valence-corrected chi connectivity index (χ2v) is 8.98. The predicted molar refractivity (Wildman–Crippen MR) is 99.7 cm³/mol. The van der Waals surface area contributed by atoms with E-state index in [-0.39, 0.29) is 23.7 Å². The highest BCUT2D eigenvalue weighted by molar-refractivity contribution is 6.62. The molecule has 2 nitrogen and oxygen atoms in total. The summed E-state index contributed by atoms with van der Waals surface area (Å²) >= 11 is 0. The van der Waals surface area contributed by atoms with E-state index in [9.17, 15) is 0 Å². The summed E-state index contributed by atoms with van der Waals surface area (Å²) in [5.41, 5.74) is 3.54. The summed E-state index contributed by atoms with van der Waals surface area (Å²) in [5.74, 6) is 1.03. The Morgan fingerprint density at radius 3 is 2.17 bits per heavy atom. The van der Waals surface area contributed by atoms with Crippen molar-refractivity contribution >= 4 is 12.6 Å². The Morgan fingerprint density at radius 2 is 1.50 bits per heavy atom. The van der Waals surface area contributed by atoms with Crippen molar-refractivity contribution in [2.24, 2.45) is 5.92 Å². The second kappa shape index (κ2) is 4.86. The van der Waals surface area contributed by atoms with Crippen LogP contribution in [0.3, 0.4) is 0 Å². The molecule has 0 spiro atoms. The van der Waals surface area contributed by atoms with Gasteiger partial charge < -0.3 is 9.31 Å². The first-order chi connectivity index (χ1) is 11.1. The van der Waals surface area contributed by atoms with E-state index in [1.165, 1.54) is 11.1 Å². The van der Waals surface area contributed by atoms with Crippen LogP contribution in [0.25, 0.3) is 0 Å². The van der Waals surface area contributed by atoms with E-state index in [1.807, 2.05) is 0 Å². The van der Waals surface area contributed by atoms with Gasteiger partial charge >= 0.3 is 7.12 Å². The van der Waals surface area contributed by atoms with Gasteiger partial charge in [0.05, 0.1) is 11.2 Å². The van der Waals surface area contributed by atoms with Gasteiger partial charge in [-0.2, -0.15) is 0 Å². The Balaban J connectivity index is 1.74. The molecule has 24 heavy (non-hydrogen) atoms. The minimum Gasteiger partial charge on any atom is -0.399 e. The van der Waals surface area contributed by atoms with Crippen molar-refractivity contribution in [3.8, 4) is 0 Å². The van der Waals surface area contributed by atoms with E-state index in [0.717, 1.165) is 5.46 Å². The van der Waals surface area contributed by atoms with Crippen LogP contribution in [-0.2, 0) is 14.7 Å². The third-order valence-electron chi connectivity index (χ3n) is 6.62. The summed E-state index contributed by atoms with van der Waals surface area (Å²) < 4.78 is 12.5. The summed E-state index contributed by atoms with van der Waals surface area (Å²) in [7, 11) is -0.287. The Bertz CT molecular complexity index is 726. The molecular weight excluding hydrogens is 295 g/mol. The van der Waals surface area contributed by atoms with E-state index in [0.29, 0.717) is 11.8 Å². The van der Waals surface area contributed by atoms with Gasteiger partial charge in [0, 0.05) is 5.92 Å². The van der Waals surface area contributed by atoms with Gasteiger partial charge in [0.2, 0.25) is 0 Å². The molecule has 0 bridgehead atoms. The molecule has 1 heterocycles. The first kappa shape index (κ1) is 16.2. The van der Waals surface area contributed by atoms with Gasteiger partial charge in [0.15, 0.2) is 0 Å². The average Bonchev–Trinajstić information content (AvgIpc) is 2.88. The van der Waals surface area contributed by atoms with Crippen LogP contribution in [0.5, 0.6) is 0 Å².